The molecule has 0 bridgehead atoms. The Labute approximate surface area is 221 Å². The highest BCUT2D eigenvalue weighted by Gasteiger charge is 2.40. The van der Waals surface area contributed by atoms with E-state index in [4.69, 9.17) is 18.9 Å². The van der Waals surface area contributed by atoms with E-state index < -0.39 is 48.3 Å². The predicted molar refractivity (Wildman–Crippen MR) is 141 cm³/mol. The van der Waals surface area contributed by atoms with E-state index in [-0.39, 0.29) is 18.1 Å². The predicted octanol–water partition coefficient (Wildman–Crippen LogP) is 3.44. The van der Waals surface area contributed by atoms with Crippen molar-refractivity contribution >= 4 is 5.97 Å². The van der Waals surface area contributed by atoms with Crippen molar-refractivity contribution in [2.45, 2.75) is 89.2 Å². The monoisotopic (exact) mass is 522 g/mol. The number of benzene rings is 1. The number of ether oxygens (including phenoxy) is 4. The molecule has 8 heteroatoms. The fraction of sp³-hybridized carbons (Fsp3) is 0.690. The summed E-state index contributed by atoms with van der Waals surface area (Å²) in [5.41, 5.74) is 0.877. The highest BCUT2D eigenvalue weighted by molar-refractivity contribution is 5.73. The summed E-state index contributed by atoms with van der Waals surface area (Å²) in [4.78, 5) is 13.1. The van der Waals surface area contributed by atoms with Gasteiger partial charge in [0.2, 0.25) is 0 Å². The maximum Gasteiger partial charge on any atom is 0.312 e. The van der Waals surface area contributed by atoms with Crippen LogP contribution in [-0.2, 0) is 23.7 Å². The number of carbonyl (C=O) groups excluding carboxylic acids is 1. The first-order chi connectivity index (χ1) is 17.7. The number of cyclic esters (lactones) is 1. The molecule has 2 rings (SSSR count). The van der Waals surface area contributed by atoms with E-state index >= 15 is 0 Å². The Balaban J connectivity index is 2.38. The summed E-state index contributed by atoms with van der Waals surface area (Å²) in [6.07, 6.45) is 1.17. The van der Waals surface area contributed by atoms with E-state index in [0.717, 1.165) is 24.8 Å². The number of methoxy groups -OCH3 is 3. The molecule has 37 heavy (non-hydrogen) atoms. The van der Waals surface area contributed by atoms with E-state index in [1.807, 2.05) is 49.4 Å². The van der Waals surface area contributed by atoms with Crippen molar-refractivity contribution in [3.8, 4) is 0 Å². The zero-order valence-corrected chi connectivity index (χ0v) is 23.0. The smallest absolute Gasteiger partial charge is 0.312 e. The molecule has 0 radical (unpaired) electrons. The second kappa shape index (κ2) is 15.6. The van der Waals surface area contributed by atoms with Gasteiger partial charge in [0.25, 0.3) is 0 Å². The lowest BCUT2D eigenvalue weighted by Gasteiger charge is -2.35. The number of hydrogen-bond acceptors (Lipinski definition) is 8. The molecule has 0 saturated carbocycles. The molecule has 1 unspecified atom stereocenters. The number of carbonyl (C=O) groups is 1. The van der Waals surface area contributed by atoms with Gasteiger partial charge >= 0.3 is 5.97 Å². The molecule has 0 fully saturated rings. The maximum atomic E-state index is 13.1. The van der Waals surface area contributed by atoms with Crippen LogP contribution in [0.5, 0.6) is 0 Å². The lowest BCUT2D eigenvalue weighted by molar-refractivity contribution is -0.169. The summed E-state index contributed by atoms with van der Waals surface area (Å²) < 4.78 is 22.7. The van der Waals surface area contributed by atoms with Gasteiger partial charge in [-0.1, -0.05) is 62.8 Å². The van der Waals surface area contributed by atoms with Crippen molar-refractivity contribution in [1.29, 1.82) is 0 Å². The molecule has 1 aromatic carbocycles. The van der Waals surface area contributed by atoms with Crippen molar-refractivity contribution in [2.24, 2.45) is 17.8 Å². The molecule has 210 valence electrons. The first-order valence-corrected chi connectivity index (χ1v) is 13.2. The van der Waals surface area contributed by atoms with Gasteiger partial charge < -0.3 is 34.3 Å². The minimum absolute atomic E-state index is 0.182. The van der Waals surface area contributed by atoms with Gasteiger partial charge in [-0.3, -0.25) is 4.79 Å². The molecule has 1 aromatic rings. The van der Waals surface area contributed by atoms with E-state index in [1.165, 1.54) is 7.11 Å². The third kappa shape index (κ3) is 8.60. The highest BCUT2D eigenvalue weighted by Crippen LogP contribution is 2.29. The van der Waals surface area contributed by atoms with Gasteiger partial charge in [-0.05, 0) is 31.7 Å². The van der Waals surface area contributed by atoms with E-state index in [9.17, 15) is 20.1 Å². The van der Waals surface area contributed by atoms with Crippen LogP contribution < -0.4 is 0 Å². The molecule has 0 aliphatic carbocycles. The minimum atomic E-state index is -1.33. The average Bonchev–Trinajstić information content (AvgIpc) is 2.92. The minimum Gasteiger partial charge on any atom is -0.457 e. The Morgan fingerprint density at radius 3 is 2.05 bits per heavy atom. The van der Waals surface area contributed by atoms with Gasteiger partial charge in [-0.2, -0.15) is 0 Å². The third-order valence-corrected chi connectivity index (χ3v) is 7.63. The zero-order chi connectivity index (χ0) is 27.5. The summed E-state index contributed by atoms with van der Waals surface area (Å²) in [5, 5.41) is 33.0. The van der Waals surface area contributed by atoms with Crippen molar-refractivity contribution in [3.63, 3.8) is 0 Å². The quantitative estimate of drug-likeness (QED) is 0.407. The van der Waals surface area contributed by atoms with Crippen LogP contribution in [0.4, 0.5) is 0 Å². The second-order valence-corrected chi connectivity index (χ2v) is 10.2. The van der Waals surface area contributed by atoms with E-state index in [1.54, 1.807) is 28.1 Å². The Bertz CT molecular complexity index is 815. The summed E-state index contributed by atoms with van der Waals surface area (Å²) in [5.74, 6) is -2.50. The van der Waals surface area contributed by atoms with Crippen molar-refractivity contribution < 1.29 is 39.1 Å². The van der Waals surface area contributed by atoms with Crippen LogP contribution in [0.25, 0.3) is 0 Å². The van der Waals surface area contributed by atoms with Crippen LogP contribution in [0.2, 0.25) is 0 Å². The lowest BCUT2D eigenvalue weighted by atomic mass is 9.83. The summed E-state index contributed by atoms with van der Waals surface area (Å²) in [6, 6.07) is 9.53. The average molecular weight is 523 g/mol. The van der Waals surface area contributed by atoms with Crippen LogP contribution in [0.15, 0.2) is 42.5 Å². The van der Waals surface area contributed by atoms with Crippen molar-refractivity contribution in [1.82, 2.24) is 0 Å². The Hall–Kier alpha value is -1.81. The van der Waals surface area contributed by atoms with Crippen LogP contribution in [0, 0.1) is 17.8 Å². The van der Waals surface area contributed by atoms with Gasteiger partial charge in [0.1, 0.15) is 18.3 Å². The summed E-state index contributed by atoms with van der Waals surface area (Å²) in [6.45, 7) is 5.10. The molecule has 10 atom stereocenters. The van der Waals surface area contributed by atoms with Gasteiger partial charge in [0, 0.05) is 33.2 Å². The topological polar surface area (TPSA) is 115 Å². The number of hydrogen-bond donors (Lipinski definition) is 3. The van der Waals surface area contributed by atoms with Crippen molar-refractivity contribution in [3.05, 3.63) is 48.0 Å². The van der Waals surface area contributed by atoms with Crippen LogP contribution in [-0.4, -0.2) is 79.2 Å². The molecule has 1 heterocycles. The number of aliphatic hydroxyl groups excluding tert-OH is 3. The zero-order valence-electron chi connectivity index (χ0n) is 23.0. The number of rotatable bonds is 4. The first-order valence-electron chi connectivity index (χ1n) is 13.2. The molecule has 0 amide bonds. The number of aliphatic hydroxyl groups is 3. The van der Waals surface area contributed by atoms with Crippen LogP contribution >= 0.6 is 0 Å². The first kappa shape index (κ1) is 31.4. The molecule has 1 aliphatic rings. The van der Waals surface area contributed by atoms with E-state index in [2.05, 4.69) is 0 Å². The van der Waals surface area contributed by atoms with Gasteiger partial charge in [-0.25, -0.2) is 0 Å². The largest absolute Gasteiger partial charge is 0.457 e. The molecule has 1 aliphatic heterocycles. The molecule has 0 spiro atoms. The fourth-order valence-electron chi connectivity index (χ4n) is 4.94. The fourth-order valence-corrected chi connectivity index (χ4v) is 4.94. The van der Waals surface area contributed by atoms with Crippen molar-refractivity contribution in [2.75, 3.05) is 21.3 Å². The molecular weight excluding hydrogens is 476 g/mol. The normalized spacial score (nSPS) is 37.4. The molecule has 0 saturated heterocycles. The molecule has 8 nitrogen and oxygen atoms in total. The van der Waals surface area contributed by atoms with Gasteiger partial charge in [0.05, 0.1) is 30.3 Å². The Kier molecular flexibility index (Phi) is 13.2. The third-order valence-electron chi connectivity index (χ3n) is 7.63. The second-order valence-electron chi connectivity index (χ2n) is 10.2. The van der Waals surface area contributed by atoms with E-state index in [0.29, 0.717) is 6.42 Å². The lowest BCUT2D eigenvalue weighted by Crippen LogP contribution is -2.50. The van der Waals surface area contributed by atoms with Crippen LogP contribution in [0.3, 0.4) is 0 Å². The summed E-state index contributed by atoms with van der Waals surface area (Å²) in [7, 11) is 4.64. The SMILES string of the molecule is COC1CCCC[C@H](c2ccccc2)OC(=O)[C@@H](C)[C@@H](O)[C@H](OC)[C@@H](O)[C@H](C)[C@@H](O)[C@@H](C)C=C[C@H]1OC. The van der Waals surface area contributed by atoms with Gasteiger partial charge in [0.15, 0.2) is 0 Å². The molecule has 0 aromatic heterocycles. The van der Waals surface area contributed by atoms with Gasteiger partial charge in [-0.15, -0.1) is 0 Å². The standard InChI is InChI=1S/C29H46O8/c1-18-16-17-24(35-5)23(34-4)15-11-10-14-22(21-12-8-7-9-13-21)37-29(33)20(3)27(32)28(36-6)26(31)19(2)25(18)30/h7-9,12-13,16-20,22-28,30-32H,10-11,14-15H2,1-6H3/t18-,19+,20-,22+,23?,24+,25-,26-,27+,28+/m0/s1. The summed E-state index contributed by atoms with van der Waals surface area (Å²) >= 11 is 0. The highest BCUT2D eigenvalue weighted by atomic mass is 16.5. The number of esters is 1. The van der Waals surface area contributed by atoms with Crippen LogP contribution in [0.1, 0.15) is 58.1 Å². The Morgan fingerprint density at radius 1 is 0.811 bits per heavy atom. The maximum absolute atomic E-state index is 13.1. The molecule has 3 N–H and O–H groups in total. The molecular formula is C29H46O8. The Morgan fingerprint density at radius 2 is 1.46 bits per heavy atom.